The molecule has 1 aromatic carbocycles. The van der Waals surface area contributed by atoms with Crippen LogP contribution in [0.5, 0.6) is 0 Å². The molecule has 2 N–H and O–H groups in total. The lowest BCUT2D eigenvalue weighted by molar-refractivity contribution is 0.0855. The molecular formula is C17H27FN2. The molecule has 0 atom stereocenters. The zero-order chi connectivity index (χ0) is 14.4. The van der Waals surface area contributed by atoms with E-state index in [0.29, 0.717) is 13.1 Å². The molecular weight excluding hydrogens is 251 g/mol. The quantitative estimate of drug-likeness (QED) is 0.910. The molecule has 2 rings (SSSR count). The number of benzene rings is 1. The summed E-state index contributed by atoms with van der Waals surface area (Å²) < 4.78 is 13.8. The maximum absolute atomic E-state index is 13.8. The molecule has 112 valence electrons. The van der Waals surface area contributed by atoms with Crippen molar-refractivity contribution in [1.82, 2.24) is 4.90 Å². The second-order valence-electron chi connectivity index (χ2n) is 6.14. The topological polar surface area (TPSA) is 29.3 Å². The maximum Gasteiger partial charge on any atom is 0.127 e. The van der Waals surface area contributed by atoms with E-state index in [0.717, 1.165) is 18.4 Å². The number of hydrogen-bond donors (Lipinski definition) is 1. The molecule has 0 aliphatic heterocycles. The highest BCUT2D eigenvalue weighted by molar-refractivity contribution is 5.17. The van der Waals surface area contributed by atoms with E-state index < -0.39 is 0 Å². The van der Waals surface area contributed by atoms with Crippen molar-refractivity contribution in [1.29, 1.82) is 0 Å². The molecule has 1 aromatic rings. The predicted octanol–water partition coefficient (Wildman–Crippen LogP) is 3.70. The molecule has 1 aliphatic rings. The summed E-state index contributed by atoms with van der Waals surface area (Å²) in [5.74, 6) is -0.114. The third kappa shape index (κ3) is 3.58. The zero-order valence-electron chi connectivity index (χ0n) is 12.6. The molecule has 20 heavy (non-hydrogen) atoms. The fourth-order valence-electron chi connectivity index (χ4n) is 3.35. The minimum Gasteiger partial charge on any atom is -0.329 e. The molecule has 0 aromatic heterocycles. The van der Waals surface area contributed by atoms with Crippen LogP contribution in [0.2, 0.25) is 0 Å². The average molecular weight is 278 g/mol. The Kier molecular flexibility index (Phi) is 5.55. The molecule has 0 unspecified atom stereocenters. The SMILES string of the molecule is CN(Cc1ccccc1F)C1(CN)CCCCCCC1. The Hall–Kier alpha value is -0.930. The van der Waals surface area contributed by atoms with Gasteiger partial charge in [0.2, 0.25) is 0 Å². The fraction of sp³-hybridized carbons (Fsp3) is 0.647. The summed E-state index contributed by atoms with van der Waals surface area (Å²) in [5, 5.41) is 0. The van der Waals surface area contributed by atoms with Crippen molar-refractivity contribution in [2.24, 2.45) is 5.73 Å². The van der Waals surface area contributed by atoms with Crippen LogP contribution in [0.4, 0.5) is 4.39 Å². The van der Waals surface area contributed by atoms with Gasteiger partial charge >= 0.3 is 0 Å². The summed E-state index contributed by atoms with van der Waals surface area (Å²) in [5.41, 5.74) is 6.93. The highest BCUT2D eigenvalue weighted by Gasteiger charge is 2.33. The first-order valence-electron chi connectivity index (χ1n) is 7.83. The van der Waals surface area contributed by atoms with Crippen molar-refractivity contribution in [3.63, 3.8) is 0 Å². The number of halogens is 1. The Balaban J connectivity index is 2.10. The van der Waals surface area contributed by atoms with Crippen molar-refractivity contribution in [3.05, 3.63) is 35.6 Å². The first-order chi connectivity index (χ1) is 9.68. The lowest BCUT2D eigenvalue weighted by Crippen LogP contribution is -2.52. The van der Waals surface area contributed by atoms with E-state index in [2.05, 4.69) is 11.9 Å². The molecule has 0 bridgehead atoms. The molecule has 0 spiro atoms. The molecule has 0 saturated heterocycles. The first kappa shape index (κ1) is 15.5. The molecule has 2 nitrogen and oxygen atoms in total. The smallest absolute Gasteiger partial charge is 0.127 e. The van der Waals surface area contributed by atoms with Crippen molar-refractivity contribution in [2.45, 2.75) is 57.0 Å². The summed E-state index contributed by atoms with van der Waals surface area (Å²) in [6.45, 7) is 1.31. The third-order valence-corrected chi connectivity index (χ3v) is 4.84. The normalized spacial score (nSPS) is 19.6. The second kappa shape index (κ2) is 7.19. The Labute approximate surface area is 122 Å². The van der Waals surface area contributed by atoms with E-state index in [-0.39, 0.29) is 11.4 Å². The van der Waals surface area contributed by atoms with E-state index in [1.165, 1.54) is 38.2 Å². The zero-order valence-corrected chi connectivity index (χ0v) is 12.6. The number of rotatable bonds is 4. The van der Waals surface area contributed by atoms with Crippen LogP contribution in [0.3, 0.4) is 0 Å². The van der Waals surface area contributed by atoms with Gasteiger partial charge in [0.05, 0.1) is 0 Å². The number of likely N-dealkylation sites (N-methyl/N-ethyl adjacent to an activating group) is 1. The van der Waals surface area contributed by atoms with E-state index >= 15 is 0 Å². The lowest BCUT2D eigenvalue weighted by atomic mass is 9.82. The maximum atomic E-state index is 13.8. The van der Waals surface area contributed by atoms with Crippen LogP contribution in [0.15, 0.2) is 24.3 Å². The molecule has 0 radical (unpaired) electrons. The van der Waals surface area contributed by atoms with Gasteiger partial charge in [-0.05, 0) is 26.0 Å². The van der Waals surface area contributed by atoms with Crippen LogP contribution in [-0.4, -0.2) is 24.0 Å². The molecule has 1 fully saturated rings. The highest BCUT2D eigenvalue weighted by atomic mass is 19.1. The van der Waals surface area contributed by atoms with Gasteiger partial charge in [-0.2, -0.15) is 0 Å². The van der Waals surface area contributed by atoms with Crippen molar-refractivity contribution < 1.29 is 4.39 Å². The fourth-order valence-corrected chi connectivity index (χ4v) is 3.35. The number of nitrogens with two attached hydrogens (primary N) is 1. The van der Waals surface area contributed by atoms with E-state index in [1.54, 1.807) is 6.07 Å². The summed E-state index contributed by atoms with van der Waals surface area (Å²) in [6.07, 6.45) is 8.68. The largest absolute Gasteiger partial charge is 0.329 e. The standard InChI is InChI=1S/C17H27FN2/c1-20(13-15-9-5-6-10-16(15)18)17(14-19)11-7-3-2-4-8-12-17/h5-6,9-10H,2-4,7-8,11-14,19H2,1H3. The molecule has 1 saturated carbocycles. The molecule has 3 heteroatoms. The van der Waals surface area contributed by atoms with E-state index in [4.69, 9.17) is 5.73 Å². The summed E-state index contributed by atoms with van der Waals surface area (Å²) in [6, 6.07) is 7.06. The van der Waals surface area contributed by atoms with Crippen LogP contribution < -0.4 is 5.73 Å². The summed E-state index contributed by atoms with van der Waals surface area (Å²) in [7, 11) is 2.10. The van der Waals surface area contributed by atoms with Gasteiger partial charge in [-0.1, -0.05) is 50.3 Å². The van der Waals surface area contributed by atoms with Crippen LogP contribution >= 0.6 is 0 Å². The third-order valence-electron chi connectivity index (χ3n) is 4.84. The van der Waals surface area contributed by atoms with Crippen LogP contribution in [0.1, 0.15) is 50.5 Å². The van der Waals surface area contributed by atoms with Gasteiger partial charge in [-0.3, -0.25) is 4.90 Å². The van der Waals surface area contributed by atoms with Gasteiger partial charge in [-0.25, -0.2) is 4.39 Å². The van der Waals surface area contributed by atoms with E-state index in [1.807, 2.05) is 12.1 Å². The Morgan fingerprint density at radius 3 is 2.30 bits per heavy atom. The average Bonchev–Trinajstić information content (AvgIpc) is 2.42. The van der Waals surface area contributed by atoms with Crippen molar-refractivity contribution >= 4 is 0 Å². The Bertz CT molecular complexity index is 411. The minimum absolute atomic E-state index is 0.0443. The molecule has 1 aliphatic carbocycles. The van der Waals surface area contributed by atoms with Crippen LogP contribution in [0.25, 0.3) is 0 Å². The van der Waals surface area contributed by atoms with Crippen LogP contribution in [-0.2, 0) is 6.54 Å². The summed E-state index contributed by atoms with van der Waals surface area (Å²) >= 11 is 0. The molecule has 0 heterocycles. The van der Waals surface area contributed by atoms with Crippen molar-refractivity contribution in [3.8, 4) is 0 Å². The second-order valence-corrected chi connectivity index (χ2v) is 6.14. The Morgan fingerprint density at radius 1 is 1.10 bits per heavy atom. The van der Waals surface area contributed by atoms with Crippen molar-refractivity contribution in [2.75, 3.05) is 13.6 Å². The predicted molar refractivity (Wildman–Crippen MR) is 82.0 cm³/mol. The Morgan fingerprint density at radius 2 is 1.70 bits per heavy atom. The van der Waals surface area contributed by atoms with Gasteiger partial charge in [0.25, 0.3) is 0 Å². The monoisotopic (exact) mass is 278 g/mol. The van der Waals surface area contributed by atoms with Crippen LogP contribution in [0, 0.1) is 5.82 Å². The lowest BCUT2D eigenvalue weighted by Gasteiger charge is -2.43. The first-order valence-corrected chi connectivity index (χ1v) is 7.83. The van der Waals surface area contributed by atoms with Gasteiger partial charge in [0.1, 0.15) is 5.82 Å². The summed E-state index contributed by atoms with van der Waals surface area (Å²) in [4.78, 5) is 2.29. The van der Waals surface area contributed by atoms with Gasteiger partial charge in [-0.15, -0.1) is 0 Å². The minimum atomic E-state index is -0.114. The van der Waals surface area contributed by atoms with Gasteiger partial charge < -0.3 is 5.73 Å². The van der Waals surface area contributed by atoms with Gasteiger partial charge in [0, 0.05) is 24.2 Å². The van der Waals surface area contributed by atoms with Gasteiger partial charge in [0.15, 0.2) is 0 Å². The highest BCUT2D eigenvalue weighted by Crippen LogP contribution is 2.31. The number of hydrogen-bond acceptors (Lipinski definition) is 2. The number of nitrogens with zero attached hydrogens (tertiary/aromatic N) is 1. The molecule has 0 amide bonds. The van der Waals surface area contributed by atoms with E-state index in [9.17, 15) is 4.39 Å².